The summed E-state index contributed by atoms with van der Waals surface area (Å²) in [6.07, 6.45) is 3.90. The van der Waals surface area contributed by atoms with Crippen molar-refractivity contribution >= 4 is 15.9 Å². The second kappa shape index (κ2) is 4.81. The maximum atomic E-state index is 6.05. The van der Waals surface area contributed by atoms with E-state index in [1.165, 1.54) is 5.56 Å². The van der Waals surface area contributed by atoms with Gasteiger partial charge in [-0.3, -0.25) is 0 Å². The lowest BCUT2D eigenvalue weighted by Crippen LogP contribution is -2.25. The Morgan fingerprint density at radius 3 is 3.00 bits per heavy atom. The van der Waals surface area contributed by atoms with Crippen molar-refractivity contribution in [3.63, 3.8) is 0 Å². The van der Waals surface area contributed by atoms with Crippen LogP contribution in [0.2, 0.25) is 0 Å². The van der Waals surface area contributed by atoms with Gasteiger partial charge in [0, 0.05) is 10.9 Å². The van der Waals surface area contributed by atoms with Crippen LogP contribution in [0, 0.1) is 0 Å². The second-order valence-electron chi connectivity index (χ2n) is 3.68. The quantitative estimate of drug-likeness (QED) is 0.914. The molecule has 0 aromatic heterocycles. The van der Waals surface area contributed by atoms with Crippen molar-refractivity contribution < 1.29 is 4.74 Å². The number of nitrogens with two attached hydrogens (primary N) is 1. The van der Waals surface area contributed by atoms with E-state index in [0.717, 1.165) is 29.7 Å². The lowest BCUT2D eigenvalue weighted by Gasteiger charge is -2.13. The molecule has 1 aliphatic rings. The standard InChI is InChI=1S/C12H14BrNO/c13-10-4-1-3-9(7-10)8-11(14)12-5-2-6-15-12/h1,3-5,7,11H,2,6,8,14H2. The van der Waals surface area contributed by atoms with E-state index < -0.39 is 0 Å². The van der Waals surface area contributed by atoms with Gasteiger partial charge in [-0.05, 0) is 30.2 Å². The Bertz CT molecular complexity index is 376. The molecule has 1 aromatic rings. The summed E-state index contributed by atoms with van der Waals surface area (Å²) in [4.78, 5) is 0. The van der Waals surface area contributed by atoms with Crippen molar-refractivity contribution in [2.24, 2.45) is 5.73 Å². The second-order valence-corrected chi connectivity index (χ2v) is 4.60. The van der Waals surface area contributed by atoms with E-state index in [0.29, 0.717) is 0 Å². The summed E-state index contributed by atoms with van der Waals surface area (Å²) < 4.78 is 6.53. The number of benzene rings is 1. The van der Waals surface area contributed by atoms with Crippen LogP contribution in [0.3, 0.4) is 0 Å². The number of halogens is 1. The average Bonchev–Trinajstić information content (AvgIpc) is 2.70. The van der Waals surface area contributed by atoms with Crippen LogP contribution in [-0.2, 0) is 11.2 Å². The molecule has 15 heavy (non-hydrogen) atoms. The molecule has 0 fully saturated rings. The van der Waals surface area contributed by atoms with Gasteiger partial charge in [0.25, 0.3) is 0 Å². The number of rotatable bonds is 3. The summed E-state index contributed by atoms with van der Waals surface area (Å²) >= 11 is 3.45. The third-order valence-corrected chi connectivity index (χ3v) is 2.94. The Balaban J connectivity index is 2.02. The highest BCUT2D eigenvalue weighted by molar-refractivity contribution is 9.10. The Labute approximate surface area is 98.2 Å². The molecule has 0 radical (unpaired) electrons. The average molecular weight is 268 g/mol. The largest absolute Gasteiger partial charge is 0.496 e. The molecule has 1 unspecified atom stereocenters. The van der Waals surface area contributed by atoms with E-state index in [9.17, 15) is 0 Å². The fourth-order valence-electron chi connectivity index (χ4n) is 1.71. The lowest BCUT2D eigenvalue weighted by molar-refractivity contribution is 0.224. The van der Waals surface area contributed by atoms with Crippen molar-refractivity contribution in [2.45, 2.75) is 18.9 Å². The molecule has 0 aliphatic carbocycles. The normalized spacial score (nSPS) is 17.1. The van der Waals surface area contributed by atoms with E-state index in [4.69, 9.17) is 10.5 Å². The zero-order valence-corrected chi connectivity index (χ0v) is 10.0. The Morgan fingerprint density at radius 1 is 1.47 bits per heavy atom. The molecule has 80 valence electrons. The molecule has 1 atom stereocenters. The summed E-state index contributed by atoms with van der Waals surface area (Å²) in [5, 5.41) is 0. The minimum Gasteiger partial charge on any atom is -0.496 e. The molecule has 0 saturated carbocycles. The fraction of sp³-hybridized carbons (Fsp3) is 0.333. The Hall–Kier alpha value is -0.800. The highest BCUT2D eigenvalue weighted by Gasteiger charge is 2.14. The van der Waals surface area contributed by atoms with E-state index in [-0.39, 0.29) is 6.04 Å². The molecule has 0 saturated heterocycles. The molecular weight excluding hydrogens is 254 g/mol. The minimum atomic E-state index is -0.0122. The Kier molecular flexibility index (Phi) is 3.44. The maximum absolute atomic E-state index is 6.05. The summed E-state index contributed by atoms with van der Waals surface area (Å²) in [6, 6.07) is 8.20. The molecule has 1 aromatic carbocycles. The molecule has 2 nitrogen and oxygen atoms in total. The first kappa shape index (κ1) is 10.7. The molecule has 0 spiro atoms. The van der Waals surface area contributed by atoms with Gasteiger partial charge in [-0.1, -0.05) is 28.1 Å². The van der Waals surface area contributed by atoms with Crippen LogP contribution in [0.1, 0.15) is 12.0 Å². The predicted molar refractivity (Wildman–Crippen MR) is 64.5 cm³/mol. The first-order chi connectivity index (χ1) is 7.25. The van der Waals surface area contributed by atoms with Crippen molar-refractivity contribution in [1.29, 1.82) is 0 Å². The number of hydrogen-bond donors (Lipinski definition) is 1. The fourth-order valence-corrected chi connectivity index (χ4v) is 2.16. The predicted octanol–water partition coefficient (Wildman–Crippen LogP) is 2.62. The summed E-state index contributed by atoms with van der Waals surface area (Å²) in [5.41, 5.74) is 7.28. The van der Waals surface area contributed by atoms with Gasteiger partial charge >= 0.3 is 0 Å². The molecule has 0 amide bonds. The summed E-state index contributed by atoms with van der Waals surface area (Å²) in [6.45, 7) is 0.779. The van der Waals surface area contributed by atoms with Crippen molar-refractivity contribution in [3.8, 4) is 0 Å². The third-order valence-electron chi connectivity index (χ3n) is 2.44. The van der Waals surface area contributed by atoms with Crippen LogP contribution < -0.4 is 5.73 Å². The molecule has 3 heteroatoms. The first-order valence-corrected chi connectivity index (χ1v) is 5.88. The van der Waals surface area contributed by atoms with E-state index >= 15 is 0 Å². The van der Waals surface area contributed by atoms with Gasteiger partial charge in [-0.15, -0.1) is 0 Å². The highest BCUT2D eigenvalue weighted by atomic mass is 79.9. The maximum Gasteiger partial charge on any atom is 0.109 e. The topological polar surface area (TPSA) is 35.2 Å². The van der Waals surface area contributed by atoms with Crippen molar-refractivity contribution in [1.82, 2.24) is 0 Å². The van der Waals surface area contributed by atoms with Crippen LogP contribution in [0.5, 0.6) is 0 Å². The van der Waals surface area contributed by atoms with Gasteiger partial charge in [0.05, 0.1) is 12.6 Å². The van der Waals surface area contributed by atoms with E-state index in [1.54, 1.807) is 0 Å². The van der Waals surface area contributed by atoms with Crippen molar-refractivity contribution in [3.05, 3.63) is 46.1 Å². The van der Waals surface area contributed by atoms with Gasteiger partial charge < -0.3 is 10.5 Å². The minimum absolute atomic E-state index is 0.0122. The molecule has 2 N–H and O–H groups in total. The SMILES string of the molecule is NC(Cc1cccc(Br)c1)C1=CCCO1. The van der Waals surface area contributed by atoms with Gasteiger partial charge in [-0.25, -0.2) is 0 Å². The smallest absolute Gasteiger partial charge is 0.109 e. The zero-order chi connectivity index (χ0) is 10.7. The monoisotopic (exact) mass is 267 g/mol. The van der Waals surface area contributed by atoms with Crippen LogP contribution in [-0.4, -0.2) is 12.6 Å². The lowest BCUT2D eigenvalue weighted by atomic mass is 10.1. The van der Waals surface area contributed by atoms with Crippen LogP contribution in [0.15, 0.2) is 40.6 Å². The van der Waals surface area contributed by atoms with E-state index in [1.807, 2.05) is 12.1 Å². The molecule has 1 heterocycles. The molecule has 1 aliphatic heterocycles. The molecular formula is C12H14BrNO. The number of ether oxygens (including phenoxy) is 1. The zero-order valence-electron chi connectivity index (χ0n) is 8.45. The third kappa shape index (κ3) is 2.83. The van der Waals surface area contributed by atoms with Gasteiger partial charge in [-0.2, -0.15) is 0 Å². The summed E-state index contributed by atoms with van der Waals surface area (Å²) in [5.74, 6) is 0.940. The van der Waals surface area contributed by atoms with Crippen molar-refractivity contribution in [2.75, 3.05) is 6.61 Å². The van der Waals surface area contributed by atoms with Crippen LogP contribution >= 0.6 is 15.9 Å². The van der Waals surface area contributed by atoms with E-state index in [2.05, 4.69) is 34.1 Å². The molecule has 2 rings (SSSR count). The van der Waals surface area contributed by atoms with Crippen LogP contribution in [0.25, 0.3) is 0 Å². The summed E-state index contributed by atoms with van der Waals surface area (Å²) in [7, 11) is 0. The molecule has 0 bridgehead atoms. The Morgan fingerprint density at radius 2 is 2.33 bits per heavy atom. The first-order valence-electron chi connectivity index (χ1n) is 5.08. The van der Waals surface area contributed by atoms with Gasteiger partial charge in [0.1, 0.15) is 5.76 Å². The van der Waals surface area contributed by atoms with Gasteiger partial charge in [0.2, 0.25) is 0 Å². The van der Waals surface area contributed by atoms with Gasteiger partial charge in [0.15, 0.2) is 0 Å². The number of hydrogen-bond acceptors (Lipinski definition) is 2. The van der Waals surface area contributed by atoms with Crippen LogP contribution in [0.4, 0.5) is 0 Å². The highest BCUT2D eigenvalue weighted by Crippen LogP contribution is 2.17.